The van der Waals surface area contributed by atoms with Gasteiger partial charge in [-0.25, -0.2) is 0 Å². The van der Waals surface area contributed by atoms with Crippen molar-refractivity contribution in [2.24, 2.45) is 12.0 Å². The number of guanidine groups is 1. The topological polar surface area (TPSA) is 96.9 Å². The number of rotatable bonds is 6. The number of aryl methyl sites for hydroxylation is 2. The van der Waals surface area contributed by atoms with Gasteiger partial charge in [0.25, 0.3) is 5.91 Å². The molecule has 0 spiro atoms. The van der Waals surface area contributed by atoms with E-state index in [-0.39, 0.29) is 36.0 Å². The lowest BCUT2D eigenvalue weighted by Gasteiger charge is -2.34. The van der Waals surface area contributed by atoms with E-state index in [1.807, 2.05) is 26.4 Å². The van der Waals surface area contributed by atoms with Crippen LogP contribution in [0.15, 0.2) is 34.1 Å². The van der Waals surface area contributed by atoms with Crippen molar-refractivity contribution >= 4 is 35.8 Å². The van der Waals surface area contributed by atoms with Crippen LogP contribution in [0.2, 0.25) is 0 Å². The molecule has 0 bridgehead atoms. The average molecular weight is 516 g/mol. The fourth-order valence-electron chi connectivity index (χ4n) is 3.16. The molecule has 1 aliphatic heterocycles. The first-order valence-electron chi connectivity index (χ1n) is 9.46. The quantitative estimate of drug-likeness (QED) is 0.263. The minimum absolute atomic E-state index is 0. The molecule has 1 unspecified atom stereocenters. The van der Waals surface area contributed by atoms with Crippen LogP contribution in [-0.4, -0.2) is 66.4 Å². The number of nitrogens with zero attached hydrogens (tertiary/aromatic N) is 4. The summed E-state index contributed by atoms with van der Waals surface area (Å²) in [5, 5.41) is 10.5. The first-order valence-corrected chi connectivity index (χ1v) is 9.46. The average Bonchev–Trinajstić information content (AvgIpc) is 3.33. The second-order valence-electron chi connectivity index (χ2n) is 6.77. The maximum absolute atomic E-state index is 12.0. The van der Waals surface area contributed by atoms with E-state index in [1.54, 1.807) is 17.8 Å². The van der Waals surface area contributed by atoms with E-state index in [9.17, 15) is 4.79 Å². The summed E-state index contributed by atoms with van der Waals surface area (Å²) in [5.74, 6) is 1.03. The van der Waals surface area contributed by atoms with Gasteiger partial charge in [-0.3, -0.25) is 14.5 Å². The lowest BCUT2D eigenvalue weighted by molar-refractivity contribution is -0.00801. The molecule has 1 amide bonds. The summed E-state index contributed by atoms with van der Waals surface area (Å²) >= 11 is 0. The Bertz CT molecular complexity index is 818. The van der Waals surface area contributed by atoms with Gasteiger partial charge in [0.15, 0.2) is 11.7 Å². The fraction of sp³-hybridized carbons (Fsp3) is 0.526. The van der Waals surface area contributed by atoms with Gasteiger partial charge in [-0.1, -0.05) is 0 Å². The predicted octanol–water partition coefficient (Wildman–Crippen LogP) is 1.71. The summed E-state index contributed by atoms with van der Waals surface area (Å²) in [6.07, 6.45) is 6.11. The van der Waals surface area contributed by atoms with Crippen LogP contribution in [0, 0.1) is 6.92 Å². The number of nitrogens with one attached hydrogen (secondary N) is 2. The molecular weight excluding hydrogens is 487 g/mol. The fourth-order valence-corrected chi connectivity index (χ4v) is 3.16. The SMILES string of the molecule is CN=C(NCCCNC(=O)c1occc1C)N1CCOC(c2cnn(C)c2)C1.I. The lowest BCUT2D eigenvalue weighted by atomic mass is 10.1. The summed E-state index contributed by atoms with van der Waals surface area (Å²) in [5.41, 5.74) is 1.91. The number of amides is 1. The van der Waals surface area contributed by atoms with E-state index in [4.69, 9.17) is 9.15 Å². The number of ether oxygens (including phenoxy) is 1. The summed E-state index contributed by atoms with van der Waals surface area (Å²) in [4.78, 5) is 18.6. The minimum atomic E-state index is -0.181. The molecule has 3 heterocycles. The van der Waals surface area contributed by atoms with Gasteiger partial charge in [-0.15, -0.1) is 24.0 Å². The van der Waals surface area contributed by atoms with Crippen molar-refractivity contribution in [3.63, 3.8) is 0 Å². The van der Waals surface area contributed by atoms with Crippen molar-refractivity contribution < 1.29 is 13.9 Å². The van der Waals surface area contributed by atoms with Gasteiger partial charge in [0.2, 0.25) is 0 Å². The molecule has 0 aromatic carbocycles. The van der Waals surface area contributed by atoms with Crippen molar-refractivity contribution in [1.29, 1.82) is 0 Å². The molecule has 160 valence electrons. The Morgan fingerprint density at radius 1 is 1.38 bits per heavy atom. The van der Waals surface area contributed by atoms with Gasteiger partial charge < -0.3 is 24.7 Å². The van der Waals surface area contributed by atoms with E-state index < -0.39 is 0 Å². The summed E-state index contributed by atoms with van der Waals surface area (Å²) in [6.45, 7) is 5.26. The number of aliphatic imine (C=N–C) groups is 1. The number of furan rings is 1. The molecule has 0 saturated carbocycles. The van der Waals surface area contributed by atoms with Crippen LogP contribution in [-0.2, 0) is 11.8 Å². The van der Waals surface area contributed by atoms with Crippen LogP contribution in [0.1, 0.15) is 34.2 Å². The molecule has 0 radical (unpaired) electrons. The van der Waals surface area contributed by atoms with Gasteiger partial charge >= 0.3 is 0 Å². The van der Waals surface area contributed by atoms with E-state index in [0.717, 1.165) is 36.6 Å². The Balaban J connectivity index is 0.00000300. The Hall–Kier alpha value is -2.08. The van der Waals surface area contributed by atoms with Crippen LogP contribution in [0.5, 0.6) is 0 Å². The zero-order chi connectivity index (χ0) is 19.9. The first kappa shape index (κ1) is 23.2. The summed E-state index contributed by atoms with van der Waals surface area (Å²) < 4.78 is 12.9. The van der Waals surface area contributed by atoms with Gasteiger partial charge in [0.1, 0.15) is 6.10 Å². The van der Waals surface area contributed by atoms with Crippen molar-refractivity contribution in [2.75, 3.05) is 39.8 Å². The maximum Gasteiger partial charge on any atom is 0.287 e. The number of halogens is 1. The molecule has 1 aliphatic rings. The van der Waals surface area contributed by atoms with Crippen LogP contribution in [0.25, 0.3) is 0 Å². The largest absolute Gasteiger partial charge is 0.459 e. The Morgan fingerprint density at radius 2 is 2.17 bits per heavy atom. The number of hydrogen-bond acceptors (Lipinski definition) is 5. The number of morpholine rings is 1. The normalized spacial score (nSPS) is 17.0. The van der Waals surface area contributed by atoms with Crippen molar-refractivity contribution in [1.82, 2.24) is 25.3 Å². The molecule has 1 atom stereocenters. The third-order valence-corrected chi connectivity index (χ3v) is 4.66. The highest BCUT2D eigenvalue weighted by atomic mass is 127. The molecular formula is C19H29IN6O3. The molecule has 29 heavy (non-hydrogen) atoms. The van der Waals surface area contributed by atoms with Crippen LogP contribution in [0.3, 0.4) is 0 Å². The molecule has 0 aliphatic carbocycles. The van der Waals surface area contributed by atoms with Crippen molar-refractivity contribution in [3.8, 4) is 0 Å². The molecule has 2 N–H and O–H groups in total. The highest BCUT2D eigenvalue weighted by Gasteiger charge is 2.25. The van der Waals surface area contributed by atoms with E-state index >= 15 is 0 Å². The van der Waals surface area contributed by atoms with Gasteiger partial charge in [0.05, 0.1) is 25.6 Å². The van der Waals surface area contributed by atoms with Crippen molar-refractivity contribution in [3.05, 3.63) is 41.6 Å². The summed E-state index contributed by atoms with van der Waals surface area (Å²) in [6, 6.07) is 1.78. The van der Waals surface area contributed by atoms with Gasteiger partial charge in [0, 0.05) is 51.1 Å². The van der Waals surface area contributed by atoms with Crippen LogP contribution < -0.4 is 10.6 Å². The predicted molar refractivity (Wildman–Crippen MR) is 121 cm³/mol. The molecule has 10 heteroatoms. The van der Waals surface area contributed by atoms with E-state index in [1.165, 1.54) is 6.26 Å². The van der Waals surface area contributed by atoms with Gasteiger partial charge in [-0.2, -0.15) is 5.10 Å². The Morgan fingerprint density at radius 3 is 2.83 bits per heavy atom. The smallest absolute Gasteiger partial charge is 0.287 e. The number of carbonyl (C=O) groups excluding carboxylic acids is 1. The molecule has 2 aromatic rings. The standard InChI is InChI=1S/C19H28N6O3.HI/c1-14-5-9-28-17(14)18(26)21-6-4-7-22-19(20-2)25-8-10-27-16(13-25)15-11-23-24(3)12-15;/h5,9,11-12,16H,4,6-8,10,13H2,1-3H3,(H,20,22)(H,21,26);1H. The zero-order valence-electron chi connectivity index (χ0n) is 17.1. The first-order chi connectivity index (χ1) is 13.6. The third kappa shape index (κ3) is 6.20. The third-order valence-electron chi connectivity index (χ3n) is 4.66. The lowest BCUT2D eigenvalue weighted by Crippen LogP contribution is -2.48. The Kier molecular flexibility index (Phi) is 8.96. The molecule has 1 saturated heterocycles. The molecule has 1 fully saturated rings. The molecule has 3 rings (SSSR count). The van der Waals surface area contributed by atoms with Gasteiger partial charge in [-0.05, 0) is 19.4 Å². The van der Waals surface area contributed by atoms with Crippen molar-refractivity contribution in [2.45, 2.75) is 19.4 Å². The second kappa shape index (κ2) is 11.2. The maximum atomic E-state index is 12.0. The molecule has 2 aromatic heterocycles. The molecule has 9 nitrogen and oxygen atoms in total. The highest BCUT2D eigenvalue weighted by Crippen LogP contribution is 2.21. The van der Waals surface area contributed by atoms with E-state index in [0.29, 0.717) is 25.5 Å². The highest BCUT2D eigenvalue weighted by molar-refractivity contribution is 14.0. The minimum Gasteiger partial charge on any atom is -0.459 e. The number of hydrogen-bond donors (Lipinski definition) is 2. The number of carbonyl (C=O) groups is 1. The zero-order valence-corrected chi connectivity index (χ0v) is 19.4. The van der Waals surface area contributed by atoms with Crippen LogP contribution >= 0.6 is 24.0 Å². The second-order valence-corrected chi connectivity index (χ2v) is 6.77. The van der Waals surface area contributed by atoms with Crippen LogP contribution in [0.4, 0.5) is 0 Å². The van der Waals surface area contributed by atoms with E-state index in [2.05, 4.69) is 25.6 Å². The number of aromatic nitrogens is 2. The summed E-state index contributed by atoms with van der Waals surface area (Å²) in [7, 11) is 3.68. The Labute approximate surface area is 187 Å². The monoisotopic (exact) mass is 516 g/mol.